The highest BCUT2D eigenvalue weighted by atomic mass is 32.1. The summed E-state index contributed by atoms with van der Waals surface area (Å²) < 4.78 is 1.91. The molecule has 0 saturated heterocycles. The quantitative estimate of drug-likeness (QED) is 0.923. The summed E-state index contributed by atoms with van der Waals surface area (Å²) in [4.78, 5) is 12.4. The van der Waals surface area contributed by atoms with Gasteiger partial charge in [-0.05, 0) is 39.3 Å². The summed E-state index contributed by atoms with van der Waals surface area (Å²) in [6.07, 6.45) is 1.99. The molecule has 0 aliphatic rings. The number of thiophene rings is 1. The fourth-order valence-corrected chi connectivity index (χ4v) is 2.90. The summed E-state index contributed by atoms with van der Waals surface area (Å²) >= 11 is 1.31. The number of aromatic carboxylic acids is 1. The Hall–Kier alpha value is -1.62. The third-order valence-electron chi connectivity index (χ3n) is 2.82. The van der Waals surface area contributed by atoms with E-state index in [1.54, 1.807) is 6.07 Å². The zero-order valence-electron chi connectivity index (χ0n) is 10.9. The molecule has 0 radical (unpaired) electrons. The molecule has 18 heavy (non-hydrogen) atoms. The topological polar surface area (TPSA) is 55.1 Å². The molecule has 1 N–H and O–H groups in total. The van der Waals surface area contributed by atoms with Gasteiger partial charge < -0.3 is 5.11 Å². The van der Waals surface area contributed by atoms with Crippen LogP contribution in [0, 0.1) is 13.8 Å². The lowest BCUT2D eigenvalue weighted by Crippen LogP contribution is -2.00. The molecule has 96 valence electrons. The van der Waals surface area contributed by atoms with Crippen LogP contribution in [0.1, 0.15) is 40.8 Å². The molecule has 5 heteroatoms. The molecule has 2 aromatic rings. The number of aromatic nitrogens is 2. The third-order valence-corrected chi connectivity index (χ3v) is 4.08. The van der Waals surface area contributed by atoms with E-state index in [4.69, 9.17) is 5.11 Å². The number of rotatable bonds is 3. The number of nitrogens with zero attached hydrogens (tertiary/aromatic N) is 2. The molecule has 0 aromatic carbocycles. The number of carboxylic acid groups (broad SMARTS) is 1. The Morgan fingerprint density at radius 2 is 2.11 bits per heavy atom. The number of hydrogen-bond acceptors (Lipinski definition) is 3. The van der Waals surface area contributed by atoms with Crippen molar-refractivity contribution >= 4 is 17.3 Å². The van der Waals surface area contributed by atoms with Gasteiger partial charge in [0, 0.05) is 22.7 Å². The van der Waals surface area contributed by atoms with Crippen molar-refractivity contribution in [3.05, 3.63) is 28.4 Å². The van der Waals surface area contributed by atoms with Gasteiger partial charge in [0.25, 0.3) is 0 Å². The van der Waals surface area contributed by atoms with Crippen molar-refractivity contribution in [2.75, 3.05) is 0 Å². The van der Waals surface area contributed by atoms with Gasteiger partial charge in [-0.1, -0.05) is 0 Å². The van der Waals surface area contributed by atoms with E-state index in [-0.39, 0.29) is 0 Å². The van der Waals surface area contributed by atoms with Crippen molar-refractivity contribution in [1.82, 2.24) is 9.78 Å². The third kappa shape index (κ3) is 2.18. The largest absolute Gasteiger partial charge is 0.477 e. The van der Waals surface area contributed by atoms with Crippen LogP contribution < -0.4 is 0 Å². The summed E-state index contributed by atoms with van der Waals surface area (Å²) in [5.41, 5.74) is 2.95. The SMILES string of the molecule is Cc1cc(C(=O)O)sc1-c1cn(C(C)C)nc1C. The second-order valence-corrected chi connectivity index (χ2v) is 5.68. The summed E-state index contributed by atoms with van der Waals surface area (Å²) in [5, 5.41) is 13.5. The Morgan fingerprint density at radius 3 is 2.56 bits per heavy atom. The molecule has 0 fully saturated rings. The summed E-state index contributed by atoms with van der Waals surface area (Å²) in [6.45, 7) is 8.03. The Balaban J connectivity index is 2.51. The fraction of sp³-hybridized carbons (Fsp3) is 0.385. The van der Waals surface area contributed by atoms with Crippen molar-refractivity contribution in [3.63, 3.8) is 0 Å². The van der Waals surface area contributed by atoms with E-state index in [2.05, 4.69) is 18.9 Å². The van der Waals surface area contributed by atoms with Gasteiger partial charge in [0.15, 0.2) is 0 Å². The van der Waals surface area contributed by atoms with Gasteiger partial charge in [0.2, 0.25) is 0 Å². The molecule has 2 rings (SSSR count). The van der Waals surface area contributed by atoms with Gasteiger partial charge in [-0.25, -0.2) is 4.79 Å². The molecule has 0 aliphatic carbocycles. The Labute approximate surface area is 110 Å². The van der Waals surface area contributed by atoms with Crippen LogP contribution in [0.4, 0.5) is 0 Å². The molecular weight excluding hydrogens is 248 g/mol. The molecule has 0 atom stereocenters. The van der Waals surface area contributed by atoms with Gasteiger partial charge in [0.1, 0.15) is 4.88 Å². The van der Waals surface area contributed by atoms with Crippen LogP contribution in [0.3, 0.4) is 0 Å². The van der Waals surface area contributed by atoms with E-state index in [0.29, 0.717) is 10.9 Å². The minimum Gasteiger partial charge on any atom is -0.477 e. The summed E-state index contributed by atoms with van der Waals surface area (Å²) in [5.74, 6) is -0.872. The average molecular weight is 264 g/mol. The first-order chi connectivity index (χ1) is 8.40. The van der Waals surface area contributed by atoms with Crippen molar-refractivity contribution in [3.8, 4) is 10.4 Å². The van der Waals surface area contributed by atoms with E-state index in [1.807, 2.05) is 24.7 Å². The minimum absolute atomic E-state index is 0.302. The molecule has 2 heterocycles. The zero-order chi connectivity index (χ0) is 13.4. The number of carbonyl (C=O) groups is 1. The highest BCUT2D eigenvalue weighted by molar-refractivity contribution is 7.17. The van der Waals surface area contributed by atoms with Gasteiger partial charge in [-0.15, -0.1) is 11.3 Å². The van der Waals surface area contributed by atoms with Crippen LogP contribution in [0.15, 0.2) is 12.3 Å². The second kappa shape index (κ2) is 4.57. The number of hydrogen-bond donors (Lipinski definition) is 1. The van der Waals surface area contributed by atoms with Crippen LogP contribution in [0.25, 0.3) is 10.4 Å². The van der Waals surface area contributed by atoms with E-state index in [1.165, 1.54) is 11.3 Å². The first kappa shape index (κ1) is 12.8. The lowest BCUT2D eigenvalue weighted by atomic mass is 10.1. The first-order valence-electron chi connectivity index (χ1n) is 5.80. The van der Waals surface area contributed by atoms with Crippen LogP contribution in [0.2, 0.25) is 0 Å². The molecular formula is C13H16N2O2S. The maximum atomic E-state index is 11.0. The van der Waals surface area contributed by atoms with E-state index >= 15 is 0 Å². The molecule has 0 unspecified atom stereocenters. The van der Waals surface area contributed by atoms with Crippen molar-refractivity contribution in [1.29, 1.82) is 0 Å². The van der Waals surface area contributed by atoms with Crippen LogP contribution in [-0.2, 0) is 0 Å². The smallest absolute Gasteiger partial charge is 0.345 e. The van der Waals surface area contributed by atoms with Crippen molar-refractivity contribution < 1.29 is 9.90 Å². The number of aryl methyl sites for hydroxylation is 2. The number of carboxylic acids is 1. The minimum atomic E-state index is -0.872. The Bertz CT molecular complexity index is 596. The maximum Gasteiger partial charge on any atom is 0.345 e. The zero-order valence-corrected chi connectivity index (χ0v) is 11.7. The van der Waals surface area contributed by atoms with Gasteiger partial charge >= 0.3 is 5.97 Å². The molecule has 0 saturated carbocycles. The van der Waals surface area contributed by atoms with Crippen LogP contribution in [-0.4, -0.2) is 20.9 Å². The predicted octanol–water partition coefficient (Wildman–Crippen LogP) is 3.51. The monoisotopic (exact) mass is 264 g/mol. The molecule has 4 nitrogen and oxygen atoms in total. The van der Waals surface area contributed by atoms with Gasteiger partial charge in [0.05, 0.1) is 5.69 Å². The molecule has 0 aliphatic heterocycles. The van der Waals surface area contributed by atoms with Gasteiger partial charge in [-0.2, -0.15) is 5.10 Å². The van der Waals surface area contributed by atoms with Crippen molar-refractivity contribution in [2.24, 2.45) is 0 Å². The molecule has 0 bridgehead atoms. The van der Waals surface area contributed by atoms with Crippen LogP contribution >= 0.6 is 11.3 Å². The normalized spacial score (nSPS) is 11.2. The summed E-state index contributed by atoms with van der Waals surface area (Å²) in [6, 6.07) is 2.02. The predicted molar refractivity (Wildman–Crippen MR) is 72.4 cm³/mol. The molecule has 0 spiro atoms. The lowest BCUT2D eigenvalue weighted by molar-refractivity contribution is 0.0702. The first-order valence-corrected chi connectivity index (χ1v) is 6.61. The fourth-order valence-electron chi connectivity index (χ4n) is 1.82. The van der Waals surface area contributed by atoms with Gasteiger partial charge in [-0.3, -0.25) is 4.68 Å². The summed E-state index contributed by atoms with van der Waals surface area (Å²) in [7, 11) is 0. The maximum absolute atomic E-state index is 11.0. The van der Waals surface area contributed by atoms with E-state index in [0.717, 1.165) is 21.7 Å². The average Bonchev–Trinajstić information content (AvgIpc) is 2.82. The van der Waals surface area contributed by atoms with E-state index in [9.17, 15) is 4.79 Å². The molecule has 0 amide bonds. The van der Waals surface area contributed by atoms with Crippen LogP contribution in [0.5, 0.6) is 0 Å². The second-order valence-electron chi connectivity index (χ2n) is 4.63. The highest BCUT2D eigenvalue weighted by Crippen LogP contribution is 2.34. The Morgan fingerprint density at radius 1 is 1.44 bits per heavy atom. The highest BCUT2D eigenvalue weighted by Gasteiger charge is 2.16. The van der Waals surface area contributed by atoms with E-state index < -0.39 is 5.97 Å². The van der Waals surface area contributed by atoms with Crippen molar-refractivity contribution in [2.45, 2.75) is 33.7 Å². The lowest BCUT2D eigenvalue weighted by Gasteiger charge is -2.02. The Kier molecular flexibility index (Phi) is 3.26. The standard InChI is InChI=1S/C13H16N2O2S/c1-7(2)15-6-10(9(4)14-15)12-8(3)5-11(18-12)13(16)17/h5-7H,1-4H3,(H,16,17). The molecule has 2 aromatic heterocycles.